The molecule has 6 heteroatoms. The number of nitrogens with two attached hydrogens (primary N) is 2. The summed E-state index contributed by atoms with van der Waals surface area (Å²) in [5.41, 5.74) is 9.83. The molecule has 0 bridgehead atoms. The van der Waals surface area contributed by atoms with Crippen molar-refractivity contribution in [2.24, 2.45) is 5.84 Å². The van der Waals surface area contributed by atoms with Gasteiger partial charge >= 0.3 is 0 Å². The van der Waals surface area contributed by atoms with Gasteiger partial charge in [-0.15, -0.1) is 0 Å². The Kier molecular flexibility index (Phi) is 4.46. The average Bonchev–Trinajstić information content (AvgIpc) is 2.47. The van der Waals surface area contributed by atoms with Crippen molar-refractivity contribution in [3.05, 3.63) is 23.8 Å². The van der Waals surface area contributed by atoms with Gasteiger partial charge in [0.25, 0.3) is 5.91 Å². The van der Waals surface area contributed by atoms with Crippen LogP contribution in [0.25, 0.3) is 0 Å². The number of hydrogen-bond acceptors (Lipinski definition) is 5. The lowest BCUT2D eigenvalue weighted by atomic mass is 10.1. The molecule has 1 aliphatic rings. The van der Waals surface area contributed by atoms with Crippen molar-refractivity contribution < 1.29 is 4.79 Å². The lowest BCUT2D eigenvalue weighted by Crippen LogP contribution is -2.49. The number of hydrogen-bond donors (Lipinski definition) is 3. The molecule has 110 valence electrons. The predicted molar refractivity (Wildman–Crippen MR) is 81.4 cm³/mol. The van der Waals surface area contributed by atoms with Crippen LogP contribution in [0.15, 0.2) is 18.2 Å². The van der Waals surface area contributed by atoms with Crippen molar-refractivity contribution in [3.63, 3.8) is 0 Å². The van der Waals surface area contributed by atoms with Gasteiger partial charge in [0.15, 0.2) is 0 Å². The van der Waals surface area contributed by atoms with Gasteiger partial charge in [-0.05, 0) is 32.0 Å². The van der Waals surface area contributed by atoms with E-state index in [0.29, 0.717) is 17.3 Å². The Balaban J connectivity index is 2.12. The Morgan fingerprint density at radius 1 is 1.25 bits per heavy atom. The number of rotatable bonds is 3. The van der Waals surface area contributed by atoms with E-state index in [1.165, 1.54) is 0 Å². The SMILES string of the molecule is CC(C)N1CCN(c2ccc(N)c(C(=O)NN)c2)CC1. The lowest BCUT2D eigenvalue weighted by Gasteiger charge is -2.38. The average molecular weight is 277 g/mol. The first-order chi connectivity index (χ1) is 9.52. The number of nitrogen functional groups attached to an aromatic ring is 2. The molecule has 0 unspecified atom stereocenters. The maximum absolute atomic E-state index is 11.7. The molecule has 0 radical (unpaired) electrons. The Bertz CT molecular complexity index is 480. The summed E-state index contributed by atoms with van der Waals surface area (Å²) in [7, 11) is 0. The highest BCUT2D eigenvalue weighted by Gasteiger charge is 2.20. The first-order valence-corrected chi connectivity index (χ1v) is 6.92. The number of carbonyl (C=O) groups is 1. The Hall–Kier alpha value is -1.79. The number of amides is 1. The lowest BCUT2D eigenvalue weighted by molar-refractivity contribution is 0.0954. The molecule has 0 spiro atoms. The number of hydrazine groups is 1. The molecular weight excluding hydrogens is 254 g/mol. The summed E-state index contributed by atoms with van der Waals surface area (Å²) < 4.78 is 0. The van der Waals surface area contributed by atoms with Gasteiger partial charge < -0.3 is 10.6 Å². The maximum Gasteiger partial charge on any atom is 0.267 e. The van der Waals surface area contributed by atoms with Gasteiger partial charge in [0.1, 0.15) is 0 Å². The largest absolute Gasteiger partial charge is 0.398 e. The summed E-state index contributed by atoms with van der Waals surface area (Å²) in [4.78, 5) is 16.4. The summed E-state index contributed by atoms with van der Waals surface area (Å²) >= 11 is 0. The van der Waals surface area contributed by atoms with Crippen molar-refractivity contribution in [3.8, 4) is 0 Å². The molecule has 6 nitrogen and oxygen atoms in total. The van der Waals surface area contributed by atoms with Crippen molar-refractivity contribution in [2.75, 3.05) is 36.8 Å². The number of piperazine rings is 1. The topological polar surface area (TPSA) is 87.6 Å². The highest BCUT2D eigenvalue weighted by molar-refractivity contribution is 5.99. The first kappa shape index (κ1) is 14.6. The van der Waals surface area contributed by atoms with Crippen LogP contribution in [0.1, 0.15) is 24.2 Å². The van der Waals surface area contributed by atoms with Crippen LogP contribution in [-0.2, 0) is 0 Å². The molecule has 20 heavy (non-hydrogen) atoms. The third-order valence-electron chi connectivity index (χ3n) is 3.82. The number of carbonyl (C=O) groups excluding carboxylic acids is 1. The summed E-state index contributed by atoms with van der Waals surface area (Å²) in [5.74, 6) is 4.82. The van der Waals surface area contributed by atoms with Crippen LogP contribution < -0.4 is 21.9 Å². The molecule has 1 amide bonds. The minimum Gasteiger partial charge on any atom is -0.398 e. The smallest absolute Gasteiger partial charge is 0.267 e. The van der Waals surface area contributed by atoms with Crippen LogP contribution in [0, 0.1) is 0 Å². The van der Waals surface area contributed by atoms with Gasteiger partial charge in [-0.25, -0.2) is 5.84 Å². The normalized spacial score (nSPS) is 16.5. The van der Waals surface area contributed by atoms with E-state index < -0.39 is 0 Å². The molecule has 0 saturated carbocycles. The number of nitrogens with zero attached hydrogens (tertiary/aromatic N) is 2. The van der Waals surface area contributed by atoms with Crippen LogP contribution in [0.4, 0.5) is 11.4 Å². The number of nitrogens with one attached hydrogen (secondary N) is 1. The number of benzene rings is 1. The second kappa shape index (κ2) is 6.11. The second-order valence-corrected chi connectivity index (χ2v) is 5.36. The van der Waals surface area contributed by atoms with Gasteiger partial charge in [0, 0.05) is 43.6 Å². The van der Waals surface area contributed by atoms with Gasteiger partial charge in [0.2, 0.25) is 0 Å². The third-order valence-corrected chi connectivity index (χ3v) is 3.82. The molecule has 1 heterocycles. The van der Waals surface area contributed by atoms with Crippen molar-refractivity contribution in [1.29, 1.82) is 0 Å². The molecule has 0 atom stereocenters. The minimum absolute atomic E-state index is 0.356. The summed E-state index contributed by atoms with van der Waals surface area (Å²) in [6.45, 7) is 8.38. The highest BCUT2D eigenvalue weighted by atomic mass is 16.2. The van der Waals surface area contributed by atoms with E-state index in [1.807, 2.05) is 12.1 Å². The second-order valence-electron chi connectivity index (χ2n) is 5.36. The fourth-order valence-electron chi connectivity index (χ4n) is 2.51. The Morgan fingerprint density at radius 3 is 2.45 bits per heavy atom. The predicted octanol–water partition coefficient (Wildman–Crippen LogP) is 0.403. The molecular formula is C14H23N5O. The standard InChI is InChI=1S/C14H23N5O/c1-10(2)18-5-7-19(8-6-18)11-3-4-13(15)12(9-11)14(20)17-16/h3-4,9-10H,5-8,15-16H2,1-2H3,(H,17,20). The van der Waals surface area contributed by atoms with Crippen LogP contribution in [-0.4, -0.2) is 43.0 Å². The van der Waals surface area contributed by atoms with Crippen molar-refractivity contribution in [1.82, 2.24) is 10.3 Å². The molecule has 2 rings (SSSR count). The molecule has 1 aromatic carbocycles. The van der Waals surface area contributed by atoms with E-state index in [4.69, 9.17) is 11.6 Å². The molecule has 1 fully saturated rings. The Morgan fingerprint density at radius 2 is 1.90 bits per heavy atom. The summed E-state index contributed by atoms with van der Waals surface area (Å²) in [6.07, 6.45) is 0. The fraction of sp³-hybridized carbons (Fsp3) is 0.500. The zero-order valence-corrected chi connectivity index (χ0v) is 12.1. The van der Waals surface area contributed by atoms with E-state index in [2.05, 4.69) is 29.1 Å². The first-order valence-electron chi connectivity index (χ1n) is 6.92. The van der Waals surface area contributed by atoms with E-state index in [0.717, 1.165) is 31.9 Å². The molecule has 1 aliphatic heterocycles. The van der Waals surface area contributed by atoms with Crippen molar-refractivity contribution in [2.45, 2.75) is 19.9 Å². The van der Waals surface area contributed by atoms with Crippen LogP contribution in [0.3, 0.4) is 0 Å². The van der Waals surface area contributed by atoms with Gasteiger partial charge in [-0.1, -0.05) is 0 Å². The zero-order valence-electron chi connectivity index (χ0n) is 12.1. The quantitative estimate of drug-likeness (QED) is 0.322. The fourth-order valence-corrected chi connectivity index (χ4v) is 2.51. The third kappa shape index (κ3) is 3.02. The monoisotopic (exact) mass is 277 g/mol. The molecule has 1 saturated heterocycles. The number of anilines is 2. The maximum atomic E-state index is 11.7. The van der Waals surface area contributed by atoms with Gasteiger partial charge in [-0.3, -0.25) is 15.1 Å². The molecule has 0 aliphatic carbocycles. The Labute approximate surface area is 119 Å². The van der Waals surface area contributed by atoms with E-state index in [1.54, 1.807) is 6.07 Å². The zero-order chi connectivity index (χ0) is 14.7. The van der Waals surface area contributed by atoms with E-state index in [-0.39, 0.29) is 5.91 Å². The van der Waals surface area contributed by atoms with Crippen LogP contribution in [0.5, 0.6) is 0 Å². The summed E-state index contributed by atoms with van der Waals surface area (Å²) in [5, 5.41) is 0. The molecule has 0 aromatic heterocycles. The van der Waals surface area contributed by atoms with Gasteiger partial charge in [-0.2, -0.15) is 0 Å². The van der Waals surface area contributed by atoms with E-state index in [9.17, 15) is 4.79 Å². The van der Waals surface area contributed by atoms with Crippen molar-refractivity contribution >= 4 is 17.3 Å². The van der Waals surface area contributed by atoms with Gasteiger partial charge in [0.05, 0.1) is 5.56 Å². The molecule has 5 N–H and O–H groups in total. The van der Waals surface area contributed by atoms with E-state index >= 15 is 0 Å². The molecule has 1 aromatic rings. The van der Waals surface area contributed by atoms with Crippen LogP contribution in [0.2, 0.25) is 0 Å². The van der Waals surface area contributed by atoms with Crippen LogP contribution >= 0.6 is 0 Å². The summed E-state index contributed by atoms with van der Waals surface area (Å²) in [6, 6.07) is 6.09. The minimum atomic E-state index is -0.356. The highest BCUT2D eigenvalue weighted by Crippen LogP contribution is 2.22.